The summed E-state index contributed by atoms with van der Waals surface area (Å²) in [5, 5.41) is 4.92. The van der Waals surface area contributed by atoms with Crippen molar-refractivity contribution in [2.45, 2.75) is 0 Å². The lowest BCUT2D eigenvalue weighted by molar-refractivity contribution is 1.07. The van der Waals surface area contributed by atoms with Crippen LogP contribution in [0.2, 0.25) is 0 Å². The van der Waals surface area contributed by atoms with Crippen molar-refractivity contribution in [2.75, 3.05) is 9.80 Å². The van der Waals surface area contributed by atoms with Gasteiger partial charge in [0.1, 0.15) is 0 Å². The van der Waals surface area contributed by atoms with E-state index in [-0.39, 0.29) is 6.71 Å². The Hall–Kier alpha value is -12.4. The summed E-state index contributed by atoms with van der Waals surface area (Å²) < 4.78 is 4.95. The molecule has 8 nitrogen and oxygen atoms in total. The van der Waals surface area contributed by atoms with Gasteiger partial charge in [-0.05, 0) is 125 Å². The van der Waals surface area contributed by atoms with Crippen molar-refractivity contribution in [3.63, 3.8) is 0 Å². The number of rotatable bonds is 10. The summed E-state index contributed by atoms with van der Waals surface area (Å²) in [6.07, 6.45) is 0. The van der Waals surface area contributed by atoms with Crippen LogP contribution in [0.3, 0.4) is 0 Å². The summed E-state index contributed by atoms with van der Waals surface area (Å²) in [7, 11) is 0. The van der Waals surface area contributed by atoms with E-state index >= 15 is 0 Å². The van der Waals surface area contributed by atoms with E-state index in [2.05, 4.69) is 275 Å². The number of thiophene rings is 1. The van der Waals surface area contributed by atoms with Gasteiger partial charge in [-0.15, -0.1) is 11.3 Å². The molecule has 6 heterocycles. The van der Waals surface area contributed by atoms with Gasteiger partial charge in [-0.1, -0.05) is 224 Å². The van der Waals surface area contributed by atoms with Crippen molar-refractivity contribution in [2.24, 2.45) is 0 Å². The van der Waals surface area contributed by atoms with Crippen LogP contribution in [0, 0.1) is 0 Å². The molecule has 0 bridgehead atoms. The lowest BCUT2D eigenvalue weighted by Gasteiger charge is -2.44. The average molecular weight is 1230 g/mol. The molecule has 13 aromatic carbocycles. The number of benzene rings is 13. The third-order valence-electron chi connectivity index (χ3n) is 18.8. The second kappa shape index (κ2) is 22.2. The molecule has 19 rings (SSSR count). The van der Waals surface area contributed by atoms with Crippen molar-refractivity contribution >= 4 is 111 Å². The smallest absolute Gasteiger partial charge is 0.252 e. The van der Waals surface area contributed by atoms with Gasteiger partial charge >= 0.3 is 0 Å². The van der Waals surface area contributed by atoms with E-state index in [1.165, 1.54) is 58.7 Å². The SMILES string of the molecule is c1ccc(-c2cc(-c3cc(-c4nc(-c5ccccc5)nc(-c5ccccc5)n4)ccc3-n3c4ccccc4c4c5sc6ccccc6c5ccc43)nc(-c3cccc(-c4cccc(N5c6ccccc6B6c7ccccc7N(c7ccccc7)c7cccc5c76)c4)c3)n2)cc1. The Bertz CT molecular complexity index is 5840. The number of anilines is 6. The van der Waals surface area contributed by atoms with Gasteiger partial charge in [0.15, 0.2) is 23.3 Å². The van der Waals surface area contributed by atoms with Crippen molar-refractivity contribution in [3.05, 3.63) is 322 Å². The van der Waals surface area contributed by atoms with E-state index in [0.29, 0.717) is 23.3 Å². The highest BCUT2D eigenvalue weighted by Crippen LogP contribution is 2.48. The number of hydrogen-bond acceptors (Lipinski definition) is 8. The first-order valence-corrected chi connectivity index (χ1v) is 32.9. The first kappa shape index (κ1) is 54.4. The van der Waals surface area contributed by atoms with Crippen LogP contribution in [0.4, 0.5) is 34.1 Å². The van der Waals surface area contributed by atoms with E-state index in [9.17, 15) is 0 Å². The molecule has 17 aromatic rings. The highest BCUT2D eigenvalue weighted by atomic mass is 32.1. The monoisotopic (exact) mass is 1230 g/mol. The molecular formula is C85H53BN8S. The fourth-order valence-electron chi connectivity index (χ4n) is 14.6. The van der Waals surface area contributed by atoms with Gasteiger partial charge in [0.05, 0.1) is 28.1 Å². The standard InChI is InChI=1S/C85H53BN8S/c1-5-24-54(25-6-1)69-53-70(88-84(87-69)59-32-21-30-57(50-59)58-31-22-35-62(51-58)93-74-42-19-16-39-68(74)86-67-38-15-18-41-73(67)92(61-33-11-4-12-34-61)76-43-23-44-77(93)80(76)86)66-52-60(85-90-82(55-26-7-2-8-27-55)89-83(91-85)56-28-9-3-10-29-56)46-48-72(66)94-71-40-17-13-37-65(71)79-75(94)49-47-64-63-36-14-20-45-78(63)95-81(64)79/h1-53H. The number of para-hydroxylation sites is 4. The minimum Gasteiger partial charge on any atom is -0.311 e. The van der Waals surface area contributed by atoms with Crippen LogP contribution in [0.1, 0.15) is 0 Å². The van der Waals surface area contributed by atoms with E-state index in [1.807, 2.05) is 72.0 Å². The zero-order chi connectivity index (χ0) is 62.5. The zero-order valence-corrected chi connectivity index (χ0v) is 52.0. The molecule has 95 heavy (non-hydrogen) atoms. The fraction of sp³-hybridized carbons (Fsp3) is 0. The molecule has 4 aromatic heterocycles. The molecule has 10 heteroatoms. The summed E-state index contributed by atoms with van der Waals surface area (Å²) in [4.78, 5) is 31.8. The topological polar surface area (TPSA) is 75.9 Å². The van der Waals surface area contributed by atoms with Crippen LogP contribution in [-0.4, -0.2) is 36.2 Å². The zero-order valence-electron chi connectivity index (χ0n) is 51.2. The maximum absolute atomic E-state index is 5.73. The van der Waals surface area contributed by atoms with E-state index in [4.69, 9.17) is 24.9 Å². The Morgan fingerprint density at radius 3 is 1.48 bits per heavy atom. The molecule has 0 fully saturated rings. The quantitative estimate of drug-likeness (QED) is 0.126. The Morgan fingerprint density at radius 1 is 0.284 bits per heavy atom. The lowest BCUT2D eigenvalue weighted by Crippen LogP contribution is -2.61. The molecule has 0 radical (unpaired) electrons. The number of fused-ring (bicyclic) bond motifs is 11. The molecule has 0 aliphatic carbocycles. The lowest BCUT2D eigenvalue weighted by atomic mass is 9.33. The van der Waals surface area contributed by atoms with Crippen molar-refractivity contribution in [1.82, 2.24) is 29.5 Å². The van der Waals surface area contributed by atoms with Gasteiger partial charge in [-0.2, -0.15) is 0 Å². The summed E-state index contributed by atoms with van der Waals surface area (Å²) in [5.41, 5.74) is 22.9. The summed E-state index contributed by atoms with van der Waals surface area (Å²) in [5.74, 6) is 2.32. The summed E-state index contributed by atoms with van der Waals surface area (Å²) in [6, 6.07) is 115. The van der Waals surface area contributed by atoms with Crippen LogP contribution in [0.25, 0.3) is 127 Å². The van der Waals surface area contributed by atoms with Crippen LogP contribution in [0.5, 0.6) is 0 Å². The van der Waals surface area contributed by atoms with Crippen molar-refractivity contribution < 1.29 is 0 Å². The molecule has 442 valence electrons. The molecular weight excluding hydrogens is 1180 g/mol. The largest absolute Gasteiger partial charge is 0.311 e. The fourth-order valence-corrected chi connectivity index (χ4v) is 15.9. The molecule has 0 saturated carbocycles. The molecule has 2 aliphatic rings. The predicted octanol–water partition coefficient (Wildman–Crippen LogP) is 19.9. The van der Waals surface area contributed by atoms with Crippen LogP contribution in [-0.2, 0) is 0 Å². The minimum atomic E-state index is 0.0453. The van der Waals surface area contributed by atoms with Crippen LogP contribution in [0.15, 0.2) is 322 Å². The van der Waals surface area contributed by atoms with E-state index in [0.717, 1.165) is 95.4 Å². The summed E-state index contributed by atoms with van der Waals surface area (Å²) >= 11 is 1.86. The van der Waals surface area contributed by atoms with Crippen molar-refractivity contribution in [1.29, 1.82) is 0 Å². The normalized spacial score (nSPS) is 12.4. The number of aromatic nitrogens is 6. The number of hydrogen-bond donors (Lipinski definition) is 0. The number of nitrogens with zero attached hydrogens (tertiary/aromatic N) is 8. The highest BCUT2D eigenvalue weighted by Gasteiger charge is 2.43. The molecule has 0 amide bonds. The molecule has 2 aliphatic heterocycles. The van der Waals surface area contributed by atoms with Gasteiger partial charge in [-0.25, -0.2) is 24.9 Å². The van der Waals surface area contributed by atoms with Gasteiger partial charge in [0.2, 0.25) is 0 Å². The highest BCUT2D eigenvalue weighted by molar-refractivity contribution is 7.26. The molecule has 0 unspecified atom stereocenters. The second-order valence-electron chi connectivity index (χ2n) is 24.3. The Morgan fingerprint density at radius 2 is 0.779 bits per heavy atom. The van der Waals surface area contributed by atoms with Gasteiger partial charge in [-0.3, -0.25) is 0 Å². The minimum absolute atomic E-state index is 0.0453. The maximum Gasteiger partial charge on any atom is 0.252 e. The first-order chi connectivity index (χ1) is 47.1. The Kier molecular flexibility index (Phi) is 12.7. The molecule has 0 atom stereocenters. The molecule has 0 N–H and O–H groups in total. The van der Waals surface area contributed by atoms with E-state index in [1.54, 1.807) is 0 Å². The van der Waals surface area contributed by atoms with Gasteiger partial charge < -0.3 is 14.4 Å². The molecule has 0 saturated heterocycles. The summed E-state index contributed by atoms with van der Waals surface area (Å²) in [6.45, 7) is 0.0453. The van der Waals surface area contributed by atoms with Gasteiger partial charge in [0.25, 0.3) is 6.71 Å². The average Bonchev–Trinajstić information content (AvgIpc) is 1.33. The van der Waals surface area contributed by atoms with Gasteiger partial charge in [0, 0.05) is 98.4 Å². The molecule has 0 spiro atoms. The Balaban J connectivity index is 0.793. The third kappa shape index (κ3) is 9.02. The second-order valence-corrected chi connectivity index (χ2v) is 25.3. The predicted molar refractivity (Wildman–Crippen MR) is 395 cm³/mol. The first-order valence-electron chi connectivity index (χ1n) is 32.1. The van der Waals surface area contributed by atoms with Crippen molar-refractivity contribution in [3.8, 4) is 84.9 Å². The van der Waals surface area contributed by atoms with E-state index < -0.39 is 0 Å². The Labute approximate surface area is 552 Å². The van der Waals surface area contributed by atoms with Crippen LogP contribution >= 0.6 is 11.3 Å². The van der Waals surface area contributed by atoms with Crippen LogP contribution < -0.4 is 26.2 Å². The third-order valence-corrected chi connectivity index (χ3v) is 20.0. The maximum atomic E-state index is 5.73.